The number of allylic oxidation sites excluding steroid dienone is 3. The zero-order valence-electron chi connectivity index (χ0n) is 12.5. The molecule has 1 aliphatic rings. The Morgan fingerprint density at radius 2 is 2.00 bits per heavy atom. The van der Waals surface area contributed by atoms with E-state index in [9.17, 15) is 4.79 Å². The van der Waals surface area contributed by atoms with Crippen LogP contribution in [0.1, 0.15) is 31.9 Å². The van der Waals surface area contributed by atoms with Crippen molar-refractivity contribution in [2.75, 3.05) is 13.2 Å². The minimum atomic E-state index is -0.118. The number of fused-ring (bicyclic) bond motifs is 1. The summed E-state index contributed by atoms with van der Waals surface area (Å²) in [6.07, 6.45) is 7.80. The molecule has 0 saturated heterocycles. The Bertz CT molecular complexity index is 549. The van der Waals surface area contributed by atoms with Crippen molar-refractivity contribution in [3.63, 3.8) is 0 Å². The van der Waals surface area contributed by atoms with E-state index in [1.807, 2.05) is 44.2 Å². The third kappa shape index (κ3) is 4.38. The third-order valence-electron chi connectivity index (χ3n) is 3.18. The van der Waals surface area contributed by atoms with E-state index in [1.54, 1.807) is 6.08 Å². The topological polar surface area (TPSA) is 47.6 Å². The number of rotatable bonds is 4. The van der Waals surface area contributed by atoms with Gasteiger partial charge in [-0.15, -0.1) is 0 Å². The van der Waals surface area contributed by atoms with E-state index >= 15 is 0 Å². The summed E-state index contributed by atoms with van der Waals surface area (Å²) in [5.74, 6) is 1.39. The summed E-state index contributed by atoms with van der Waals surface area (Å²) < 4.78 is 11.3. The van der Waals surface area contributed by atoms with Crippen LogP contribution >= 0.6 is 0 Å². The minimum absolute atomic E-state index is 0.0927. The van der Waals surface area contributed by atoms with Crippen LogP contribution in [0.25, 0.3) is 0 Å². The van der Waals surface area contributed by atoms with E-state index in [2.05, 4.69) is 5.32 Å². The van der Waals surface area contributed by atoms with Crippen LogP contribution in [-0.2, 0) is 4.79 Å². The molecular weight excluding hydrogens is 266 g/mol. The highest BCUT2D eigenvalue weighted by Gasteiger charge is 2.14. The van der Waals surface area contributed by atoms with Gasteiger partial charge in [-0.05, 0) is 31.5 Å². The molecule has 2 rings (SSSR count). The molecule has 1 atom stereocenters. The highest BCUT2D eigenvalue weighted by molar-refractivity contribution is 5.88. The minimum Gasteiger partial charge on any atom is -0.490 e. The maximum absolute atomic E-state index is 11.8. The van der Waals surface area contributed by atoms with Crippen molar-refractivity contribution < 1.29 is 14.3 Å². The van der Waals surface area contributed by atoms with Gasteiger partial charge in [-0.2, -0.15) is 0 Å². The fraction of sp³-hybridized carbons (Fsp3) is 0.353. The lowest BCUT2D eigenvalue weighted by Crippen LogP contribution is -2.24. The standard InChI is InChI=1S/C17H21NO3/c1-3-4-5-7-17(19)18-13(2)14-8-9-15-16(12-14)21-11-6-10-20-15/h3-5,7-9,12-13H,6,10-11H2,1-2H3,(H,18,19). The molecule has 1 aromatic rings. The molecule has 1 aliphatic heterocycles. The number of carbonyl (C=O) groups excluding carboxylic acids is 1. The van der Waals surface area contributed by atoms with Gasteiger partial charge in [-0.25, -0.2) is 0 Å². The van der Waals surface area contributed by atoms with Gasteiger partial charge in [-0.1, -0.05) is 24.3 Å². The molecule has 1 N–H and O–H groups in total. The Balaban J connectivity index is 2.04. The Hall–Kier alpha value is -2.23. The van der Waals surface area contributed by atoms with Crippen LogP contribution in [0, 0.1) is 0 Å². The van der Waals surface area contributed by atoms with Crippen molar-refractivity contribution >= 4 is 5.91 Å². The SMILES string of the molecule is CC=CC=CC(=O)NC(C)c1ccc2c(c1)OCCCO2. The summed E-state index contributed by atoms with van der Waals surface area (Å²) in [5.41, 5.74) is 0.993. The zero-order chi connectivity index (χ0) is 15.1. The lowest BCUT2D eigenvalue weighted by molar-refractivity contribution is -0.117. The number of ether oxygens (including phenoxy) is 2. The molecule has 0 saturated carbocycles. The maximum atomic E-state index is 11.8. The van der Waals surface area contributed by atoms with E-state index in [4.69, 9.17) is 9.47 Å². The molecule has 1 amide bonds. The van der Waals surface area contributed by atoms with Crippen molar-refractivity contribution in [3.8, 4) is 11.5 Å². The third-order valence-corrected chi connectivity index (χ3v) is 3.18. The van der Waals surface area contributed by atoms with Crippen molar-refractivity contribution in [1.82, 2.24) is 5.32 Å². The van der Waals surface area contributed by atoms with Crippen LogP contribution in [0.5, 0.6) is 11.5 Å². The van der Waals surface area contributed by atoms with Crippen molar-refractivity contribution in [2.45, 2.75) is 26.3 Å². The predicted molar refractivity (Wildman–Crippen MR) is 82.6 cm³/mol. The number of amides is 1. The van der Waals surface area contributed by atoms with E-state index in [-0.39, 0.29) is 11.9 Å². The number of carbonyl (C=O) groups is 1. The summed E-state index contributed by atoms with van der Waals surface area (Å²) in [6.45, 7) is 5.18. The van der Waals surface area contributed by atoms with E-state index in [1.165, 1.54) is 6.08 Å². The zero-order valence-corrected chi connectivity index (χ0v) is 12.5. The first-order chi connectivity index (χ1) is 10.2. The molecule has 4 nitrogen and oxygen atoms in total. The lowest BCUT2D eigenvalue weighted by Gasteiger charge is -2.15. The van der Waals surface area contributed by atoms with Gasteiger partial charge in [0.25, 0.3) is 0 Å². The first-order valence-corrected chi connectivity index (χ1v) is 7.20. The van der Waals surface area contributed by atoms with E-state index in [0.717, 1.165) is 23.5 Å². The fourth-order valence-electron chi connectivity index (χ4n) is 2.05. The van der Waals surface area contributed by atoms with Gasteiger partial charge in [0.05, 0.1) is 19.3 Å². The Labute approximate surface area is 125 Å². The molecule has 1 heterocycles. The van der Waals surface area contributed by atoms with Crippen molar-refractivity contribution in [1.29, 1.82) is 0 Å². The quantitative estimate of drug-likeness (QED) is 0.683. The van der Waals surface area contributed by atoms with Crippen LogP contribution < -0.4 is 14.8 Å². The van der Waals surface area contributed by atoms with Gasteiger partial charge in [-0.3, -0.25) is 4.79 Å². The molecule has 1 aromatic carbocycles. The molecular formula is C17H21NO3. The van der Waals surface area contributed by atoms with Gasteiger partial charge < -0.3 is 14.8 Å². The van der Waals surface area contributed by atoms with Crippen LogP contribution in [-0.4, -0.2) is 19.1 Å². The Kier molecular flexibility index (Phi) is 5.43. The number of hydrogen-bond donors (Lipinski definition) is 1. The van der Waals surface area contributed by atoms with Crippen molar-refractivity contribution in [2.24, 2.45) is 0 Å². The Morgan fingerprint density at radius 3 is 2.76 bits per heavy atom. The first kappa shape index (κ1) is 15.2. The number of benzene rings is 1. The average Bonchev–Trinajstić information content (AvgIpc) is 2.71. The van der Waals surface area contributed by atoms with Gasteiger partial charge in [0.15, 0.2) is 11.5 Å². The fourth-order valence-corrected chi connectivity index (χ4v) is 2.05. The molecule has 0 spiro atoms. The normalized spacial score (nSPS) is 15.9. The Morgan fingerprint density at radius 1 is 1.24 bits per heavy atom. The van der Waals surface area contributed by atoms with Crippen molar-refractivity contribution in [3.05, 3.63) is 48.1 Å². The van der Waals surface area contributed by atoms with E-state index < -0.39 is 0 Å². The molecule has 21 heavy (non-hydrogen) atoms. The van der Waals surface area contributed by atoms with Crippen LogP contribution in [0.4, 0.5) is 0 Å². The van der Waals surface area contributed by atoms with Crippen LogP contribution in [0.2, 0.25) is 0 Å². The molecule has 0 aliphatic carbocycles. The van der Waals surface area contributed by atoms with Crippen LogP contribution in [0.3, 0.4) is 0 Å². The molecule has 0 bridgehead atoms. The average molecular weight is 287 g/mol. The summed E-state index contributed by atoms with van der Waals surface area (Å²) >= 11 is 0. The smallest absolute Gasteiger partial charge is 0.244 e. The van der Waals surface area contributed by atoms with Crippen LogP contribution in [0.15, 0.2) is 42.5 Å². The van der Waals surface area contributed by atoms with Gasteiger partial charge in [0.1, 0.15) is 0 Å². The van der Waals surface area contributed by atoms with E-state index in [0.29, 0.717) is 13.2 Å². The summed E-state index contributed by atoms with van der Waals surface area (Å²) in [4.78, 5) is 11.8. The molecule has 0 radical (unpaired) electrons. The second kappa shape index (κ2) is 7.53. The largest absolute Gasteiger partial charge is 0.490 e. The van der Waals surface area contributed by atoms with Gasteiger partial charge >= 0.3 is 0 Å². The summed E-state index contributed by atoms with van der Waals surface area (Å²) in [7, 11) is 0. The molecule has 0 aromatic heterocycles. The van der Waals surface area contributed by atoms with Gasteiger partial charge in [0.2, 0.25) is 5.91 Å². The maximum Gasteiger partial charge on any atom is 0.244 e. The molecule has 112 valence electrons. The number of nitrogens with one attached hydrogen (secondary N) is 1. The number of hydrogen-bond acceptors (Lipinski definition) is 3. The highest BCUT2D eigenvalue weighted by Crippen LogP contribution is 2.32. The summed E-state index contributed by atoms with van der Waals surface area (Å²) in [5, 5.41) is 2.92. The second-order valence-corrected chi connectivity index (χ2v) is 4.87. The molecule has 4 heteroatoms. The molecule has 1 unspecified atom stereocenters. The second-order valence-electron chi connectivity index (χ2n) is 4.87. The van der Waals surface area contributed by atoms with Gasteiger partial charge in [0, 0.05) is 12.5 Å². The predicted octanol–water partition coefficient (Wildman–Crippen LogP) is 3.16. The summed E-state index contributed by atoms with van der Waals surface area (Å²) in [6, 6.07) is 5.69. The lowest BCUT2D eigenvalue weighted by atomic mass is 10.1. The molecule has 0 fully saturated rings. The monoisotopic (exact) mass is 287 g/mol. The first-order valence-electron chi connectivity index (χ1n) is 7.20. The highest BCUT2D eigenvalue weighted by atomic mass is 16.5.